The summed E-state index contributed by atoms with van der Waals surface area (Å²) in [6.07, 6.45) is 1.48. The maximum atomic E-state index is 13.2. The average molecular weight is 312 g/mol. The number of aryl methyl sites for hydroxylation is 1. The van der Waals surface area contributed by atoms with E-state index in [2.05, 4.69) is 4.98 Å². The van der Waals surface area contributed by atoms with E-state index in [1.165, 1.54) is 6.20 Å². The molecular formula is C14H14F2N2O2S. The van der Waals surface area contributed by atoms with E-state index in [0.717, 1.165) is 17.7 Å². The van der Waals surface area contributed by atoms with Crippen LogP contribution >= 0.6 is 0 Å². The lowest BCUT2D eigenvalue weighted by Gasteiger charge is -2.10. The standard InChI is InChI=1S/C14H14F2N2O2S/c1-8-6-18-13(9(2)14(8)17)7-21(19,20)10-3-4-11(15)12(16)5-10/h3-6H,7H2,1-2H3,(H2,17,18). The van der Waals surface area contributed by atoms with Gasteiger partial charge in [0, 0.05) is 11.9 Å². The molecule has 0 atom stereocenters. The van der Waals surface area contributed by atoms with E-state index in [1.54, 1.807) is 13.8 Å². The second kappa shape index (κ2) is 5.40. The minimum absolute atomic E-state index is 0.290. The number of nitrogen functional groups attached to an aromatic ring is 1. The van der Waals surface area contributed by atoms with Crippen molar-refractivity contribution in [1.29, 1.82) is 0 Å². The van der Waals surface area contributed by atoms with Gasteiger partial charge in [0.1, 0.15) is 0 Å². The highest BCUT2D eigenvalue weighted by atomic mass is 32.2. The van der Waals surface area contributed by atoms with Crippen LogP contribution in [-0.4, -0.2) is 13.4 Å². The molecule has 2 N–H and O–H groups in total. The molecule has 1 aromatic carbocycles. The van der Waals surface area contributed by atoms with Gasteiger partial charge >= 0.3 is 0 Å². The number of pyridine rings is 1. The van der Waals surface area contributed by atoms with Crippen LogP contribution in [0.15, 0.2) is 29.3 Å². The van der Waals surface area contributed by atoms with Gasteiger partial charge in [-0.15, -0.1) is 0 Å². The van der Waals surface area contributed by atoms with Gasteiger partial charge in [0.25, 0.3) is 0 Å². The Hall–Kier alpha value is -2.02. The van der Waals surface area contributed by atoms with Crippen LogP contribution in [0.5, 0.6) is 0 Å². The van der Waals surface area contributed by atoms with E-state index >= 15 is 0 Å². The Labute approximate surface area is 121 Å². The number of anilines is 1. The highest BCUT2D eigenvalue weighted by Gasteiger charge is 2.20. The predicted octanol–water partition coefficient (Wildman–Crippen LogP) is 2.53. The molecule has 4 nitrogen and oxygen atoms in total. The first kappa shape index (κ1) is 15.4. The van der Waals surface area contributed by atoms with Crippen molar-refractivity contribution in [2.75, 3.05) is 5.73 Å². The largest absolute Gasteiger partial charge is 0.398 e. The first-order chi connectivity index (χ1) is 9.72. The zero-order valence-electron chi connectivity index (χ0n) is 11.5. The summed E-state index contributed by atoms with van der Waals surface area (Å²) in [5.74, 6) is -2.72. The van der Waals surface area contributed by atoms with Crippen LogP contribution in [0.1, 0.15) is 16.8 Å². The van der Waals surface area contributed by atoms with Crippen LogP contribution in [-0.2, 0) is 15.6 Å². The minimum Gasteiger partial charge on any atom is -0.398 e. The molecule has 0 aliphatic carbocycles. The lowest BCUT2D eigenvalue weighted by atomic mass is 10.1. The van der Waals surface area contributed by atoms with Crippen molar-refractivity contribution >= 4 is 15.5 Å². The van der Waals surface area contributed by atoms with Gasteiger partial charge in [-0.1, -0.05) is 0 Å². The van der Waals surface area contributed by atoms with E-state index in [1.807, 2.05) is 0 Å². The van der Waals surface area contributed by atoms with Gasteiger partial charge in [-0.05, 0) is 43.2 Å². The van der Waals surface area contributed by atoms with E-state index in [9.17, 15) is 17.2 Å². The summed E-state index contributed by atoms with van der Waals surface area (Å²) in [6.45, 7) is 3.44. The van der Waals surface area contributed by atoms with Crippen LogP contribution in [0, 0.1) is 25.5 Å². The molecule has 0 aliphatic rings. The lowest BCUT2D eigenvalue weighted by Crippen LogP contribution is -2.10. The Balaban J connectivity index is 2.42. The van der Waals surface area contributed by atoms with Crippen molar-refractivity contribution in [3.05, 3.63) is 52.9 Å². The molecular weight excluding hydrogens is 298 g/mol. The number of sulfone groups is 1. The average Bonchev–Trinajstić information content (AvgIpc) is 2.42. The molecule has 21 heavy (non-hydrogen) atoms. The monoisotopic (exact) mass is 312 g/mol. The number of halogens is 2. The third-order valence-electron chi connectivity index (χ3n) is 3.25. The molecule has 0 aliphatic heterocycles. The van der Waals surface area contributed by atoms with Crippen molar-refractivity contribution in [2.45, 2.75) is 24.5 Å². The second-order valence-corrected chi connectivity index (χ2v) is 6.75. The van der Waals surface area contributed by atoms with Gasteiger partial charge in [-0.25, -0.2) is 17.2 Å². The highest BCUT2D eigenvalue weighted by molar-refractivity contribution is 7.90. The van der Waals surface area contributed by atoms with Gasteiger partial charge in [-0.3, -0.25) is 4.98 Å². The fourth-order valence-corrected chi connectivity index (χ4v) is 3.25. The zero-order valence-corrected chi connectivity index (χ0v) is 12.3. The Bertz CT molecular complexity index is 805. The fourth-order valence-electron chi connectivity index (χ4n) is 1.87. The molecule has 0 spiro atoms. The third-order valence-corrected chi connectivity index (χ3v) is 4.88. The van der Waals surface area contributed by atoms with Crippen LogP contribution in [0.3, 0.4) is 0 Å². The van der Waals surface area contributed by atoms with Gasteiger partial charge in [-0.2, -0.15) is 0 Å². The van der Waals surface area contributed by atoms with Gasteiger partial charge in [0.05, 0.1) is 16.3 Å². The molecule has 2 rings (SSSR count). The number of rotatable bonds is 3. The second-order valence-electron chi connectivity index (χ2n) is 4.76. The van der Waals surface area contributed by atoms with Crippen molar-refractivity contribution in [2.24, 2.45) is 0 Å². The van der Waals surface area contributed by atoms with Crippen LogP contribution in [0.25, 0.3) is 0 Å². The molecule has 112 valence electrons. The van der Waals surface area contributed by atoms with E-state index in [-0.39, 0.29) is 4.90 Å². The summed E-state index contributed by atoms with van der Waals surface area (Å²) in [5.41, 5.74) is 7.93. The summed E-state index contributed by atoms with van der Waals surface area (Å²) in [4.78, 5) is 3.77. The number of nitrogens with two attached hydrogens (primary N) is 1. The van der Waals surface area contributed by atoms with Crippen LogP contribution < -0.4 is 5.73 Å². The van der Waals surface area contributed by atoms with Crippen molar-refractivity contribution < 1.29 is 17.2 Å². The molecule has 2 aromatic rings. The Morgan fingerprint density at radius 1 is 1.19 bits per heavy atom. The Kier molecular flexibility index (Phi) is 3.95. The molecule has 0 bridgehead atoms. The zero-order chi connectivity index (χ0) is 15.8. The number of benzene rings is 1. The lowest BCUT2D eigenvalue weighted by molar-refractivity contribution is 0.504. The summed E-state index contributed by atoms with van der Waals surface area (Å²) in [5, 5.41) is 0. The fraction of sp³-hybridized carbons (Fsp3) is 0.214. The summed E-state index contributed by atoms with van der Waals surface area (Å²) in [7, 11) is -3.83. The smallest absolute Gasteiger partial charge is 0.184 e. The topological polar surface area (TPSA) is 73.0 Å². The maximum Gasteiger partial charge on any atom is 0.184 e. The molecule has 1 heterocycles. The number of hydrogen-bond acceptors (Lipinski definition) is 4. The molecule has 0 fully saturated rings. The van der Waals surface area contributed by atoms with Crippen molar-refractivity contribution in [3.63, 3.8) is 0 Å². The third kappa shape index (κ3) is 3.02. The molecule has 0 saturated heterocycles. The van der Waals surface area contributed by atoms with Gasteiger partial charge in [0.15, 0.2) is 21.5 Å². The first-order valence-corrected chi connectivity index (χ1v) is 7.76. The normalized spacial score (nSPS) is 11.6. The van der Waals surface area contributed by atoms with E-state index in [0.29, 0.717) is 23.0 Å². The minimum atomic E-state index is -3.83. The number of nitrogens with zero attached hydrogens (tertiary/aromatic N) is 1. The maximum absolute atomic E-state index is 13.2. The quantitative estimate of drug-likeness (QED) is 0.884. The molecule has 0 saturated carbocycles. The molecule has 7 heteroatoms. The van der Waals surface area contributed by atoms with Gasteiger partial charge < -0.3 is 5.73 Å². The number of hydrogen-bond donors (Lipinski definition) is 1. The molecule has 0 unspecified atom stereocenters. The van der Waals surface area contributed by atoms with Crippen molar-refractivity contribution in [3.8, 4) is 0 Å². The molecule has 0 radical (unpaired) electrons. The summed E-state index contributed by atoms with van der Waals surface area (Å²) in [6, 6.07) is 2.48. The van der Waals surface area contributed by atoms with E-state index in [4.69, 9.17) is 5.73 Å². The predicted molar refractivity (Wildman–Crippen MR) is 75.4 cm³/mol. The highest BCUT2D eigenvalue weighted by Crippen LogP contribution is 2.23. The number of aromatic nitrogens is 1. The summed E-state index contributed by atoms with van der Waals surface area (Å²) >= 11 is 0. The first-order valence-electron chi connectivity index (χ1n) is 6.10. The van der Waals surface area contributed by atoms with Crippen molar-refractivity contribution in [1.82, 2.24) is 4.98 Å². The van der Waals surface area contributed by atoms with Gasteiger partial charge in [0.2, 0.25) is 0 Å². The van der Waals surface area contributed by atoms with E-state index < -0.39 is 27.2 Å². The SMILES string of the molecule is Cc1cnc(CS(=O)(=O)c2ccc(F)c(F)c2)c(C)c1N. The summed E-state index contributed by atoms with van der Waals surface area (Å²) < 4.78 is 50.5. The molecule has 0 amide bonds. The Morgan fingerprint density at radius 3 is 2.48 bits per heavy atom. The molecule has 1 aromatic heterocycles. The van der Waals surface area contributed by atoms with Crippen LogP contribution in [0.2, 0.25) is 0 Å². The Morgan fingerprint density at radius 2 is 1.86 bits per heavy atom. The van der Waals surface area contributed by atoms with Crippen LogP contribution in [0.4, 0.5) is 14.5 Å².